The first-order valence-corrected chi connectivity index (χ1v) is 8.88. The van der Waals surface area contributed by atoms with Crippen LogP contribution in [0.5, 0.6) is 0 Å². The van der Waals surface area contributed by atoms with Gasteiger partial charge in [0.25, 0.3) is 0 Å². The second-order valence-electron chi connectivity index (χ2n) is 6.19. The second kappa shape index (κ2) is 8.28. The van der Waals surface area contributed by atoms with Gasteiger partial charge in [-0.05, 0) is 50.6 Å². The fourth-order valence-corrected chi connectivity index (χ4v) is 4.62. The third kappa shape index (κ3) is 5.09. The minimum Gasteiger partial charge on any atom is -0.316 e. The highest BCUT2D eigenvalue weighted by molar-refractivity contribution is 7.99. The Morgan fingerprint density at radius 1 is 1.26 bits per heavy atom. The van der Waals surface area contributed by atoms with E-state index in [1.165, 1.54) is 38.6 Å². The average molecular weight is 284 g/mol. The molecule has 0 saturated heterocycles. The highest BCUT2D eigenvalue weighted by Gasteiger charge is 2.33. The Balaban J connectivity index is 1.47. The van der Waals surface area contributed by atoms with Gasteiger partial charge in [0.2, 0.25) is 0 Å². The van der Waals surface area contributed by atoms with E-state index in [2.05, 4.69) is 10.6 Å². The Morgan fingerprint density at radius 3 is 2.63 bits per heavy atom. The Morgan fingerprint density at radius 2 is 2.00 bits per heavy atom. The molecule has 3 atom stereocenters. The van der Waals surface area contributed by atoms with Gasteiger partial charge in [-0.25, -0.2) is 0 Å². The summed E-state index contributed by atoms with van der Waals surface area (Å²) in [5.74, 6) is 5.00. The number of nitrogens with one attached hydrogen (secondary N) is 2. The Bertz CT molecular complexity index is 263. The van der Waals surface area contributed by atoms with Crippen LogP contribution in [0.3, 0.4) is 0 Å². The quantitative estimate of drug-likeness (QED) is 0.501. The van der Waals surface area contributed by atoms with Gasteiger partial charge in [-0.3, -0.25) is 0 Å². The summed E-state index contributed by atoms with van der Waals surface area (Å²) < 4.78 is 0. The van der Waals surface area contributed by atoms with Crippen LogP contribution in [0.15, 0.2) is 0 Å². The summed E-state index contributed by atoms with van der Waals surface area (Å²) in [4.78, 5) is 10.6. The highest BCUT2D eigenvalue weighted by Crippen LogP contribution is 2.44. The molecule has 3 unspecified atom stereocenters. The molecule has 0 heterocycles. The van der Waals surface area contributed by atoms with Gasteiger partial charge in [-0.15, -0.1) is 0 Å². The van der Waals surface area contributed by atoms with Crippen LogP contribution in [-0.4, -0.2) is 44.0 Å². The van der Waals surface area contributed by atoms with Crippen molar-refractivity contribution in [2.45, 2.75) is 38.1 Å². The Kier molecular flexibility index (Phi) is 6.68. The van der Waals surface area contributed by atoms with E-state index in [1.54, 1.807) is 0 Å². The number of rotatable bonds is 9. The number of carbonyl (C=O) groups excluding carboxylic acids is 1. The van der Waals surface area contributed by atoms with Crippen LogP contribution >= 0.6 is 11.8 Å². The van der Waals surface area contributed by atoms with E-state index in [0.717, 1.165) is 42.1 Å². The van der Waals surface area contributed by atoms with Crippen molar-refractivity contribution in [2.24, 2.45) is 17.8 Å². The zero-order valence-electron chi connectivity index (χ0n) is 12.1. The molecule has 2 saturated carbocycles. The molecule has 110 valence electrons. The zero-order valence-corrected chi connectivity index (χ0v) is 12.9. The summed E-state index contributed by atoms with van der Waals surface area (Å²) in [6.45, 7) is 2.28. The van der Waals surface area contributed by atoms with E-state index < -0.39 is 0 Å². The molecule has 2 aliphatic carbocycles. The minimum absolute atomic E-state index is 0.0129. The van der Waals surface area contributed by atoms with Crippen LogP contribution < -0.4 is 10.6 Å². The third-order valence-electron chi connectivity index (χ3n) is 4.67. The summed E-state index contributed by atoms with van der Waals surface area (Å²) >= 11 is 1.85. The molecular formula is C15H28N2OS. The van der Waals surface area contributed by atoms with Gasteiger partial charge in [0.1, 0.15) is 6.29 Å². The van der Waals surface area contributed by atoms with E-state index in [4.69, 9.17) is 0 Å². The molecule has 0 amide bonds. The molecule has 19 heavy (non-hydrogen) atoms. The predicted octanol–water partition coefficient (Wildman–Crippen LogP) is 1.92. The number of aldehydes is 1. The molecule has 2 bridgehead atoms. The summed E-state index contributed by atoms with van der Waals surface area (Å²) in [7, 11) is 1.84. The smallest absolute Gasteiger partial charge is 0.137 e. The predicted molar refractivity (Wildman–Crippen MR) is 82.7 cm³/mol. The van der Waals surface area contributed by atoms with Crippen molar-refractivity contribution in [3.8, 4) is 0 Å². The Hall–Kier alpha value is -0.0600. The first-order valence-electron chi connectivity index (χ1n) is 7.72. The number of hydrogen-bond acceptors (Lipinski definition) is 4. The first-order chi connectivity index (χ1) is 9.31. The van der Waals surface area contributed by atoms with Gasteiger partial charge in [-0.1, -0.05) is 12.8 Å². The SMILES string of the molecule is CNC(C=O)CSCCNCC1CC2CCC(C2)C1. The van der Waals surface area contributed by atoms with E-state index >= 15 is 0 Å². The molecule has 2 fully saturated rings. The lowest BCUT2D eigenvalue weighted by Crippen LogP contribution is -2.31. The molecule has 0 spiro atoms. The monoisotopic (exact) mass is 284 g/mol. The van der Waals surface area contributed by atoms with Crippen molar-refractivity contribution in [1.82, 2.24) is 10.6 Å². The summed E-state index contributed by atoms with van der Waals surface area (Å²) in [6, 6.07) is 0.0129. The molecule has 0 radical (unpaired) electrons. The number of likely N-dealkylation sites (N-methyl/N-ethyl adjacent to an activating group) is 1. The van der Waals surface area contributed by atoms with E-state index in [0.29, 0.717) is 0 Å². The lowest BCUT2D eigenvalue weighted by molar-refractivity contribution is -0.109. The maximum absolute atomic E-state index is 10.6. The van der Waals surface area contributed by atoms with Crippen LogP contribution in [0.25, 0.3) is 0 Å². The lowest BCUT2D eigenvalue weighted by atomic mass is 9.81. The highest BCUT2D eigenvalue weighted by atomic mass is 32.2. The average Bonchev–Trinajstić information content (AvgIpc) is 2.77. The maximum atomic E-state index is 10.6. The van der Waals surface area contributed by atoms with Crippen molar-refractivity contribution in [2.75, 3.05) is 31.6 Å². The van der Waals surface area contributed by atoms with Gasteiger partial charge >= 0.3 is 0 Å². The van der Waals surface area contributed by atoms with Gasteiger partial charge in [0.05, 0.1) is 6.04 Å². The van der Waals surface area contributed by atoms with Gasteiger partial charge in [0, 0.05) is 18.1 Å². The summed E-state index contributed by atoms with van der Waals surface area (Å²) in [6.07, 6.45) is 8.43. The van der Waals surface area contributed by atoms with Crippen LogP contribution in [0.4, 0.5) is 0 Å². The molecular weight excluding hydrogens is 256 g/mol. The number of hydrogen-bond donors (Lipinski definition) is 2. The zero-order chi connectivity index (χ0) is 13.5. The normalized spacial score (nSPS) is 31.3. The fourth-order valence-electron chi connectivity index (χ4n) is 3.66. The molecule has 3 nitrogen and oxygen atoms in total. The van der Waals surface area contributed by atoms with Crippen LogP contribution in [0, 0.1) is 17.8 Å². The minimum atomic E-state index is 0.0129. The largest absolute Gasteiger partial charge is 0.316 e. The van der Waals surface area contributed by atoms with E-state index in [-0.39, 0.29) is 6.04 Å². The molecule has 0 aromatic heterocycles. The molecule has 0 aliphatic heterocycles. The Labute approximate surface area is 121 Å². The van der Waals surface area contributed by atoms with Crippen LogP contribution in [0.2, 0.25) is 0 Å². The summed E-state index contributed by atoms with van der Waals surface area (Å²) in [5, 5.41) is 6.61. The first kappa shape index (κ1) is 15.3. The molecule has 4 heteroatoms. The van der Waals surface area contributed by atoms with Crippen molar-refractivity contribution in [1.29, 1.82) is 0 Å². The van der Waals surface area contributed by atoms with Crippen molar-refractivity contribution < 1.29 is 4.79 Å². The molecule has 2 N–H and O–H groups in total. The van der Waals surface area contributed by atoms with Crippen molar-refractivity contribution in [3.63, 3.8) is 0 Å². The molecule has 2 rings (SSSR count). The topological polar surface area (TPSA) is 41.1 Å². The molecule has 0 aromatic carbocycles. The van der Waals surface area contributed by atoms with Crippen LogP contribution in [-0.2, 0) is 4.79 Å². The van der Waals surface area contributed by atoms with Crippen molar-refractivity contribution in [3.05, 3.63) is 0 Å². The van der Waals surface area contributed by atoms with E-state index in [1.807, 2.05) is 18.8 Å². The molecule has 2 aliphatic rings. The van der Waals surface area contributed by atoms with Gasteiger partial charge < -0.3 is 15.4 Å². The second-order valence-corrected chi connectivity index (χ2v) is 7.34. The van der Waals surface area contributed by atoms with Gasteiger partial charge in [-0.2, -0.15) is 11.8 Å². The van der Waals surface area contributed by atoms with Crippen molar-refractivity contribution >= 4 is 18.0 Å². The maximum Gasteiger partial charge on any atom is 0.137 e. The van der Waals surface area contributed by atoms with Crippen LogP contribution in [0.1, 0.15) is 32.1 Å². The third-order valence-corrected chi connectivity index (χ3v) is 5.76. The number of fused-ring (bicyclic) bond motifs is 2. The van der Waals surface area contributed by atoms with E-state index in [9.17, 15) is 4.79 Å². The standard InChI is InChI=1S/C15H28N2OS/c1-16-15(10-18)11-19-5-4-17-9-14-7-12-2-3-13(6-12)8-14/h10,12-17H,2-9,11H2,1H3. The lowest BCUT2D eigenvalue weighted by Gasteiger charge is -2.27. The number of carbonyl (C=O) groups is 1. The summed E-state index contributed by atoms with van der Waals surface area (Å²) in [5.41, 5.74) is 0. The number of thioether (sulfide) groups is 1. The van der Waals surface area contributed by atoms with Gasteiger partial charge in [0.15, 0.2) is 0 Å². The molecule has 0 aromatic rings. The fraction of sp³-hybridized carbons (Fsp3) is 0.933.